The predicted octanol–water partition coefficient (Wildman–Crippen LogP) is 4.62. The first kappa shape index (κ1) is 18.6. The molecule has 5 rings (SSSR count). The van der Waals surface area contributed by atoms with E-state index in [1.165, 1.54) is 51.0 Å². The highest BCUT2D eigenvalue weighted by molar-refractivity contribution is 5.78. The van der Waals surface area contributed by atoms with Crippen molar-refractivity contribution in [3.63, 3.8) is 0 Å². The fourth-order valence-corrected chi connectivity index (χ4v) is 5.32. The minimum absolute atomic E-state index is 0.190. The number of hydrogen-bond acceptors (Lipinski definition) is 3. The maximum atomic E-state index is 13.7. The molecule has 1 aromatic heterocycles. The second-order valence-corrected chi connectivity index (χ2v) is 9.44. The monoisotopic (exact) mass is 385 g/mol. The molecule has 1 unspecified atom stereocenters. The molecule has 2 bridgehead atoms. The first-order valence-corrected chi connectivity index (χ1v) is 11.1. The van der Waals surface area contributed by atoms with Gasteiger partial charge in [0.2, 0.25) is 0 Å². The van der Waals surface area contributed by atoms with Crippen LogP contribution < -0.4 is 0 Å². The van der Waals surface area contributed by atoms with Gasteiger partial charge in [-0.1, -0.05) is 13.3 Å². The largest absolute Gasteiger partial charge is 0.378 e. The Hall–Kier alpha value is -1.46. The Labute approximate surface area is 167 Å². The topological polar surface area (TPSA) is 30.3 Å². The van der Waals surface area contributed by atoms with Crippen molar-refractivity contribution in [3.05, 3.63) is 30.2 Å². The summed E-state index contributed by atoms with van der Waals surface area (Å²) in [5.41, 5.74) is 0.902. The first-order valence-electron chi connectivity index (χ1n) is 11.1. The Morgan fingerprint density at radius 1 is 1.14 bits per heavy atom. The molecule has 2 aromatic rings. The molecular formula is C23H32FN3O. The Morgan fingerprint density at radius 3 is 2.68 bits per heavy atom. The van der Waals surface area contributed by atoms with Crippen LogP contribution in [0.15, 0.2) is 24.4 Å². The molecule has 152 valence electrons. The summed E-state index contributed by atoms with van der Waals surface area (Å²) in [6.45, 7) is 5.23. The van der Waals surface area contributed by atoms with E-state index in [1.54, 1.807) is 6.07 Å². The van der Waals surface area contributed by atoms with E-state index >= 15 is 0 Å². The van der Waals surface area contributed by atoms with Gasteiger partial charge in [0, 0.05) is 37.2 Å². The predicted molar refractivity (Wildman–Crippen MR) is 109 cm³/mol. The Morgan fingerprint density at radius 2 is 1.93 bits per heavy atom. The number of fused-ring (bicyclic) bond motifs is 3. The molecule has 4 atom stereocenters. The lowest BCUT2D eigenvalue weighted by Gasteiger charge is -2.49. The third-order valence-electron chi connectivity index (χ3n) is 6.96. The molecular weight excluding hydrogens is 353 g/mol. The molecule has 2 saturated heterocycles. The zero-order valence-electron chi connectivity index (χ0n) is 16.9. The number of ether oxygens (including phenoxy) is 1. The van der Waals surface area contributed by atoms with Gasteiger partial charge in [0.25, 0.3) is 0 Å². The van der Waals surface area contributed by atoms with Gasteiger partial charge in [-0.3, -0.25) is 9.58 Å². The number of hydrogen-bond donors (Lipinski definition) is 0. The Balaban J connectivity index is 1.21. The van der Waals surface area contributed by atoms with Crippen molar-refractivity contribution < 1.29 is 9.13 Å². The van der Waals surface area contributed by atoms with Crippen LogP contribution in [0.1, 0.15) is 51.9 Å². The molecule has 5 heteroatoms. The lowest BCUT2D eigenvalue weighted by molar-refractivity contribution is -0.0674. The number of nitrogens with zero attached hydrogens (tertiary/aromatic N) is 3. The fourth-order valence-electron chi connectivity index (χ4n) is 5.32. The highest BCUT2D eigenvalue weighted by atomic mass is 19.1. The SMILES string of the molecule is C[C@H](CN1[C@@H]2CCC[C@H]1CC(OCC1CC1)C2)Cn1ncc2ccc(F)cc21. The highest BCUT2D eigenvalue weighted by Crippen LogP contribution is 2.37. The average Bonchev–Trinajstić information content (AvgIpc) is 3.42. The van der Waals surface area contributed by atoms with Gasteiger partial charge < -0.3 is 4.74 Å². The quantitative estimate of drug-likeness (QED) is 0.696. The second kappa shape index (κ2) is 7.75. The van der Waals surface area contributed by atoms with Gasteiger partial charge in [0.15, 0.2) is 0 Å². The molecule has 1 saturated carbocycles. The minimum Gasteiger partial charge on any atom is -0.378 e. The van der Waals surface area contributed by atoms with Crippen molar-refractivity contribution in [2.24, 2.45) is 11.8 Å². The summed E-state index contributed by atoms with van der Waals surface area (Å²) < 4.78 is 21.9. The van der Waals surface area contributed by atoms with Gasteiger partial charge in [0.05, 0.1) is 17.8 Å². The van der Waals surface area contributed by atoms with Crippen molar-refractivity contribution in [3.8, 4) is 0 Å². The van der Waals surface area contributed by atoms with E-state index in [0.29, 0.717) is 24.1 Å². The van der Waals surface area contributed by atoms with E-state index in [0.717, 1.165) is 36.5 Å². The van der Waals surface area contributed by atoms with Crippen LogP contribution in [0.3, 0.4) is 0 Å². The van der Waals surface area contributed by atoms with Gasteiger partial charge >= 0.3 is 0 Å². The van der Waals surface area contributed by atoms with E-state index in [4.69, 9.17) is 4.74 Å². The van der Waals surface area contributed by atoms with Crippen LogP contribution >= 0.6 is 0 Å². The molecule has 4 nitrogen and oxygen atoms in total. The maximum absolute atomic E-state index is 13.7. The summed E-state index contributed by atoms with van der Waals surface area (Å²) in [4.78, 5) is 2.76. The van der Waals surface area contributed by atoms with Crippen LogP contribution in [0, 0.1) is 17.7 Å². The summed E-state index contributed by atoms with van der Waals surface area (Å²) >= 11 is 0. The molecule has 28 heavy (non-hydrogen) atoms. The van der Waals surface area contributed by atoms with E-state index in [1.807, 2.05) is 16.9 Å². The minimum atomic E-state index is -0.190. The fraction of sp³-hybridized carbons (Fsp3) is 0.696. The summed E-state index contributed by atoms with van der Waals surface area (Å²) in [6, 6.07) is 6.27. The summed E-state index contributed by atoms with van der Waals surface area (Å²) in [7, 11) is 0. The zero-order valence-corrected chi connectivity index (χ0v) is 16.9. The first-order chi connectivity index (χ1) is 13.7. The molecule has 0 amide bonds. The number of aromatic nitrogens is 2. The van der Waals surface area contributed by atoms with E-state index < -0.39 is 0 Å². The molecule has 0 radical (unpaired) electrons. The molecule has 1 aliphatic carbocycles. The molecule has 3 heterocycles. The Bertz CT molecular complexity index is 803. The van der Waals surface area contributed by atoms with Gasteiger partial charge in [-0.25, -0.2) is 4.39 Å². The van der Waals surface area contributed by atoms with Gasteiger partial charge in [-0.15, -0.1) is 0 Å². The van der Waals surface area contributed by atoms with Crippen molar-refractivity contribution in [1.82, 2.24) is 14.7 Å². The Kier molecular flexibility index (Phi) is 5.14. The molecule has 1 aromatic carbocycles. The van der Waals surface area contributed by atoms with Gasteiger partial charge in [-0.05, 0) is 68.6 Å². The van der Waals surface area contributed by atoms with Crippen LogP contribution in [0.4, 0.5) is 4.39 Å². The van der Waals surface area contributed by atoms with Crippen molar-refractivity contribution >= 4 is 10.9 Å². The normalized spacial score (nSPS) is 29.3. The van der Waals surface area contributed by atoms with E-state index in [9.17, 15) is 4.39 Å². The highest BCUT2D eigenvalue weighted by Gasteiger charge is 2.39. The van der Waals surface area contributed by atoms with Crippen LogP contribution in [-0.2, 0) is 11.3 Å². The average molecular weight is 386 g/mol. The molecule has 3 aliphatic rings. The van der Waals surface area contributed by atoms with Crippen LogP contribution in [0.25, 0.3) is 10.9 Å². The lowest BCUT2D eigenvalue weighted by Crippen LogP contribution is -2.55. The molecule has 3 fully saturated rings. The second-order valence-electron chi connectivity index (χ2n) is 9.44. The lowest BCUT2D eigenvalue weighted by atomic mass is 9.82. The van der Waals surface area contributed by atoms with Crippen molar-refractivity contribution in [2.45, 2.75) is 76.6 Å². The smallest absolute Gasteiger partial charge is 0.125 e. The molecule has 2 aliphatic heterocycles. The third-order valence-corrected chi connectivity index (χ3v) is 6.96. The van der Waals surface area contributed by atoms with Crippen LogP contribution in [0.2, 0.25) is 0 Å². The standard InChI is InChI=1S/C23H32FN3O/c1-16(14-27-23-9-19(24)8-7-18(23)12-25-27)13-26-20-3-2-4-21(26)11-22(10-20)28-15-17-5-6-17/h7-9,12,16-17,20-22H,2-6,10-11,13-15H2,1H3/t16-,20-,21+,22?/m1/s1. The zero-order chi connectivity index (χ0) is 19.1. The third kappa shape index (κ3) is 3.97. The van der Waals surface area contributed by atoms with Gasteiger partial charge in [-0.2, -0.15) is 5.10 Å². The number of piperidine rings is 2. The van der Waals surface area contributed by atoms with Gasteiger partial charge in [0.1, 0.15) is 5.82 Å². The number of halogens is 1. The maximum Gasteiger partial charge on any atom is 0.125 e. The van der Waals surface area contributed by atoms with Crippen LogP contribution in [0.5, 0.6) is 0 Å². The molecule has 0 N–H and O–H groups in total. The summed E-state index contributed by atoms with van der Waals surface area (Å²) in [5.74, 6) is 1.15. The number of benzene rings is 1. The van der Waals surface area contributed by atoms with Crippen molar-refractivity contribution in [2.75, 3.05) is 13.2 Å². The summed E-state index contributed by atoms with van der Waals surface area (Å²) in [6.07, 6.45) is 11.4. The number of rotatable bonds is 7. The van der Waals surface area contributed by atoms with Crippen LogP contribution in [-0.4, -0.2) is 46.0 Å². The molecule has 0 spiro atoms. The van der Waals surface area contributed by atoms with Crippen molar-refractivity contribution in [1.29, 1.82) is 0 Å². The van der Waals surface area contributed by atoms with E-state index in [-0.39, 0.29) is 5.82 Å². The summed E-state index contributed by atoms with van der Waals surface area (Å²) in [5, 5.41) is 5.52. The van der Waals surface area contributed by atoms with E-state index in [2.05, 4.69) is 16.9 Å².